The van der Waals surface area contributed by atoms with Gasteiger partial charge in [0.15, 0.2) is 0 Å². The molecule has 0 saturated carbocycles. The van der Waals surface area contributed by atoms with Crippen LogP contribution in [0.25, 0.3) is 0 Å². The van der Waals surface area contributed by atoms with Gasteiger partial charge in [0.25, 0.3) is 0 Å². The molecule has 0 radical (unpaired) electrons. The summed E-state index contributed by atoms with van der Waals surface area (Å²) in [5.74, 6) is 0. The standard InChI is InChI=1S/C2H3ClO.CH2O2.Na/c1-2(3)4;2-1-3;/h1H3;1H,(H,2,3);/q;;+1/p-1. The molecular formula is C3H4ClNaO3. The quantitative estimate of drug-likeness (QED) is 0.200. The van der Waals surface area contributed by atoms with E-state index in [1.165, 1.54) is 6.92 Å². The minimum Gasteiger partial charge on any atom is -0.554 e. The molecule has 0 N–H and O–H groups in total. The predicted molar refractivity (Wildman–Crippen MR) is 22.6 cm³/mol. The average Bonchev–Trinajstić information content (AvgIpc) is 1.33. The topological polar surface area (TPSA) is 57.2 Å². The van der Waals surface area contributed by atoms with Crippen molar-refractivity contribution < 1.29 is 44.3 Å². The van der Waals surface area contributed by atoms with E-state index in [4.69, 9.17) is 9.90 Å². The van der Waals surface area contributed by atoms with E-state index in [-0.39, 0.29) is 34.8 Å². The second-order valence-corrected chi connectivity index (χ2v) is 1.10. The zero-order chi connectivity index (χ0) is 6.28. The van der Waals surface area contributed by atoms with Crippen LogP contribution in [0.5, 0.6) is 0 Å². The molecule has 0 spiro atoms. The van der Waals surface area contributed by atoms with Gasteiger partial charge in [-0.15, -0.1) is 0 Å². The Hall–Kier alpha value is 0.430. The molecular weight excluding hydrogens is 142 g/mol. The summed E-state index contributed by atoms with van der Waals surface area (Å²) in [6, 6.07) is 0. The molecule has 0 amide bonds. The number of carboxylic acid groups (broad SMARTS) is 1. The fourth-order valence-electron chi connectivity index (χ4n) is 0. The fourth-order valence-corrected chi connectivity index (χ4v) is 0. The number of hydrogen-bond acceptors (Lipinski definition) is 3. The molecule has 0 aliphatic carbocycles. The van der Waals surface area contributed by atoms with E-state index in [1.54, 1.807) is 0 Å². The SMILES string of the molecule is CC(=O)Cl.O=C[O-].[Na+]. The molecule has 0 aromatic rings. The number of halogens is 1. The van der Waals surface area contributed by atoms with Gasteiger partial charge in [0, 0.05) is 13.4 Å². The summed E-state index contributed by atoms with van der Waals surface area (Å²) in [6.45, 7) is 0.793. The maximum atomic E-state index is 9.21. The number of carbonyl (C=O) groups excluding carboxylic acids is 2. The Morgan fingerprint density at radius 3 is 1.75 bits per heavy atom. The van der Waals surface area contributed by atoms with E-state index in [0.29, 0.717) is 0 Å². The monoisotopic (exact) mass is 146 g/mol. The van der Waals surface area contributed by atoms with E-state index >= 15 is 0 Å². The maximum absolute atomic E-state index is 9.21. The molecule has 0 heterocycles. The molecule has 0 aromatic carbocycles. The number of rotatable bonds is 0. The van der Waals surface area contributed by atoms with Gasteiger partial charge < -0.3 is 9.90 Å². The van der Waals surface area contributed by atoms with Crippen LogP contribution in [0.15, 0.2) is 0 Å². The fraction of sp³-hybridized carbons (Fsp3) is 0.333. The Bertz CT molecular complexity index is 61.5. The minimum atomic E-state index is -0.500. The van der Waals surface area contributed by atoms with Crippen molar-refractivity contribution in [1.82, 2.24) is 0 Å². The van der Waals surface area contributed by atoms with Gasteiger partial charge in [-0.25, -0.2) is 0 Å². The first-order valence-corrected chi connectivity index (χ1v) is 1.74. The maximum Gasteiger partial charge on any atom is 1.00 e. The zero-order valence-electron chi connectivity index (χ0n) is 4.68. The molecule has 8 heavy (non-hydrogen) atoms. The third kappa shape index (κ3) is 1030. The first-order valence-electron chi connectivity index (χ1n) is 1.36. The number of carbonyl (C=O) groups is 2. The van der Waals surface area contributed by atoms with Crippen molar-refractivity contribution in [2.45, 2.75) is 6.92 Å². The van der Waals surface area contributed by atoms with Gasteiger partial charge in [0.05, 0.1) is 0 Å². The van der Waals surface area contributed by atoms with Crippen molar-refractivity contribution in [1.29, 1.82) is 0 Å². The Labute approximate surface area is 74.3 Å². The Balaban J connectivity index is -0.0000000575. The van der Waals surface area contributed by atoms with Crippen LogP contribution in [0, 0.1) is 0 Å². The van der Waals surface area contributed by atoms with Crippen molar-refractivity contribution in [3.05, 3.63) is 0 Å². The van der Waals surface area contributed by atoms with Gasteiger partial charge in [-0.1, -0.05) is 0 Å². The summed E-state index contributed by atoms with van der Waals surface area (Å²) in [7, 11) is 0. The summed E-state index contributed by atoms with van der Waals surface area (Å²) in [4.78, 5) is 17.5. The largest absolute Gasteiger partial charge is 1.00 e. The van der Waals surface area contributed by atoms with E-state index < -0.39 is 6.47 Å². The van der Waals surface area contributed by atoms with E-state index in [1.807, 2.05) is 0 Å². The summed E-state index contributed by atoms with van der Waals surface area (Å²) in [5, 5.41) is 7.89. The molecule has 0 unspecified atom stereocenters. The van der Waals surface area contributed by atoms with Crippen molar-refractivity contribution in [2.75, 3.05) is 0 Å². The molecule has 0 aliphatic rings. The van der Waals surface area contributed by atoms with Crippen LogP contribution in [0.3, 0.4) is 0 Å². The third-order valence-corrected chi connectivity index (χ3v) is 0. The molecule has 0 bridgehead atoms. The van der Waals surface area contributed by atoms with Crippen molar-refractivity contribution in [3.8, 4) is 0 Å². The average molecular weight is 147 g/mol. The Morgan fingerprint density at radius 2 is 1.75 bits per heavy atom. The van der Waals surface area contributed by atoms with Gasteiger partial charge in [0.1, 0.15) is 0 Å². The van der Waals surface area contributed by atoms with Gasteiger partial charge >= 0.3 is 29.6 Å². The molecule has 0 rings (SSSR count). The first-order chi connectivity index (χ1) is 3.15. The van der Waals surface area contributed by atoms with Gasteiger partial charge in [-0.3, -0.25) is 4.79 Å². The molecule has 0 saturated heterocycles. The van der Waals surface area contributed by atoms with Gasteiger partial charge in [-0.2, -0.15) is 0 Å². The summed E-state index contributed by atoms with van der Waals surface area (Å²) >= 11 is 4.64. The van der Waals surface area contributed by atoms with Gasteiger partial charge in [-0.05, 0) is 11.6 Å². The van der Waals surface area contributed by atoms with Crippen molar-refractivity contribution in [3.63, 3.8) is 0 Å². The molecule has 3 nitrogen and oxygen atoms in total. The van der Waals surface area contributed by atoms with Crippen molar-refractivity contribution in [2.24, 2.45) is 0 Å². The van der Waals surface area contributed by atoms with Crippen LogP contribution in [0.2, 0.25) is 0 Å². The second kappa shape index (κ2) is 15.7. The van der Waals surface area contributed by atoms with Gasteiger partial charge in [0.2, 0.25) is 5.24 Å². The molecule has 0 aromatic heterocycles. The Kier molecular flexibility index (Phi) is 30.9. The van der Waals surface area contributed by atoms with Crippen LogP contribution in [-0.2, 0) is 9.59 Å². The molecule has 42 valence electrons. The van der Waals surface area contributed by atoms with E-state index in [2.05, 4.69) is 11.6 Å². The van der Waals surface area contributed by atoms with Crippen LogP contribution in [0.4, 0.5) is 0 Å². The predicted octanol–water partition coefficient (Wildman–Crippen LogP) is -3.86. The first kappa shape index (κ1) is 15.8. The van der Waals surface area contributed by atoms with Crippen LogP contribution in [0.1, 0.15) is 6.92 Å². The molecule has 0 aliphatic heterocycles. The summed E-state index contributed by atoms with van der Waals surface area (Å²) in [5.41, 5.74) is 0. The Morgan fingerprint density at radius 1 is 1.75 bits per heavy atom. The normalized spacial score (nSPS) is 4.75. The van der Waals surface area contributed by atoms with Crippen LogP contribution < -0.4 is 34.7 Å². The molecule has 5 heteroatoms. The second-order valence-electron chi connectivity index (χ2n) is 0.566. The van der Waals surface area contributed by atoms with Crippen LogP contribution in [-0.4, -0.2) is 11.7 Å². The minimum absolute atomic E-state index is 0. The van der Waals surface area contributed by atoms with E-state index in [9.17, 15) is 4.79 Å². The summed E-state index contributed by atoms with van der Waals surface area (Å²) in [6.07, 6.45) is 0. The molecule has 0 fully saturated rings. The molecule has 0 atom stereocenters. The summed E-state index contributed by atoms with van der Waals surface area (Å²) < 4.78 is 0. The number of hydrogen-bond donors (Lipinski definition) is 0. The van der Waals surface area contributed by atoms with Crippen molar-refractivity contribution >= 4 is 23.3 Å². The van der Waals surface area contributed by atoms with Crippen LogP contribution >= 0.6 is 11.6 Å². The smallest absolute Gasteiger partial charge is 0.554 e. The van der Waals surface area contributed by atoms with E-state index in [0.717, 1.165) is 0 Å². The zero-order valence-corrected chi connectivity index (χ0v) is 7.44. The third-order valence-electron chi connectivity index (χ3n) is 0.